The normalized spacial score (nSPS) is 11.4. The van der Waals surface area contributed by atoms with Crippen LogP contribution in [-0.4, -0.2) is 29.8 Å². The van der Waals surface area contributed by atoms with Crippen LogP contribution in [-0.2, 0) is 11.3 Å². The van der Waals surface area contributed by atoms with Crippen molar-refractivity contribution in [3.63, 3.8) is 0 Å². The third-order valence-electron chi connectivity index (χ3n) is 4.34. The van der Waals surface area contributed by atoms with Crippen LogP contribution in [0, 0.1) is 0 Å². The Labute approximate surface area is 190 Å². The zero-order valence-corrected chi connectivity index (χ0v) is 18.9. The highest BCUT2D eigenvalue weighted by Gasteiger charge is 2.21. The molecule has 0 bridgehead atoms. The molecule has 0 aliphatic heterocycles. The van der Waals surface area contributed by atoms with E-state index in [1.165, 1.54) is 12.5 Å². The summed E-state index contributed by atoms with van der Waals surface area (Å²) in [5.74, 6) is 0.196. The van der Waals surface area contributed by atoms with Gasteiger partial charge in [0.15, 0.2) is 17.9 Å². The van der Waals surface area contributed by atoms with Crippen LogP contribution in [0.4, 0.5) is 20.2 Å². The van der Waals surface area contributed by atoms with Crippen LogP contribution in [0.2, 0.25) is 0 Å². The Morgan fingerprint density at radius 1 is 1.12 bits per heavy atom. The number of ether oxygens (including phenoxy) is 3. The van der Waals surface area contributed by atoms with Crippen LogP contribution >= 0.6 is 0 Å². The van der Waals surface area contributed by atoms with Crippen molar-refractivity contribution in [1.29, 1.82) is 0 Å². The highest BCUT2D eigenvalue weighted by atomic mass is 19.3. The second-order valence-electron chi connectivity index (χ2n) is 8.05. The lowest BCUT2D eigenvalue weighted by Crippen LogP contribution is -2.24. The summed E-state index contributed by atoms with van der Waals surface area (Å²) in [5, 5.41) is 0. The number of aromatic nitrogens is 1. The van der Waals surface area contributed by atoms with E-state index in [0.29, 0.717) is 22.7 Å². The van der Waals surface area contributed by atoms with E-state index in [0.717, 1.165) is 0 Å². The number of rotatable bonds is 9. The summed E-state index contributed by atoms with van der Waals surface area (Å²) in [6, 6.07) is 11.5. The number of carbonyl (C=O) groups is 1. The predicted molar refractivity (Wildman–Crippen MR) is 118 cm³/mol. The summed E-state index contributed by atoms with van der Waals surface area (Å²) >= 11 is 0. The second-order valence-corrected chi connectivity index (χ2v) is 8.05. The first kappa shape index (κ1) is 24.0. The first-order valence-corrected chi connectivity index (χ1v) is 10.4. The van der Waals surface area contributed by atoms with E-state index in [1.807, 2.05) is 11.0 Å². The Balaban J connectivity index is 2.02. The molecule has 1 aromatic heterocycles. The molecular weight excluding hydrogens is 434 g/mol. The zero-order valence-electron chi connectivity index (χ0n) is 18.9. The Morgan fingerprint density at radius 2 is 1.88 bits per heavy atom. The number of nitrogens with zero attached hydrogens (tertiary/aromatic N) is 2. The highest BCUT2D eigenvalue weighted by molar-refractivity contribution is 5.91. The van der Waals surface area contributed by atoms with Gasteiger partial charge in [-0.1, -0.05) is 6.07 Å². The number of alkyl halides is 2. The number of hydrogen-bond donors (Lipinski definition) is 0. The Kier molecular flexibility index (Phi) is 7.52. The number of oxazole rings is 1. The minimum absolute atomic E-state index is 0.0716. The molecule has 2 aromatic carbocycles. The molecule has 0 radical (unpaired) electrons. The minimum Gasteiger partial charge on any atom is -0.490 e. The molecule has 0 fully saturated rings. The quantitative estimate of drug-likeness (QED) is 0.364. The number of carbonyl (C=O) groups excluding carboxylic acids is 1. The molecule has 176 valence electrons. The second kappa shape index (κ2) is 10.3. The predicted octanol–water partition coefficient (Wildman–Crippen LogP) is 5.97. The van der Waals surface area contributed by atoms with E-state index in [1.54, 1.807) is 64.2 Å². The van der Waals surface area contributed by atoms with Crippen molar-refractivity contribution in [3.05, 3.63) is 66.4 Å². The van der Waals surface area contributed by atoms with Crippen LogP contribution in [0.25, 0.3) is 0 Å². The summed E-state index contributed by atoms with van der Waals surface area (Å²) in [5.41, 5.74) is 0.990. The van der Waals surface area contributed by atoms with Gasteiger partial charge in [-0.2, -0.15) is 8.78 Å². The molecule has 0 aliphatic rings. The van der Waals surface area contributed by atoms with Gasteiger partial charge in [-0.05, 0) is 58.0 Å². The van der Waals surface area contributed by atoms with E-state index in [9.17, 15) is 13.6 Å². The van der Waals surface area contributed by atoms with Gasteiger partial charge in [-0.3, -0.25) is 0 Å². The molecule has 0 saturated carbocycles. The van der Waals surface area contributed by atoms with Gasteiger partial charge in [0.2, 0.25) is 0 Å². The summed E-state index contributed by atoms with van der Waals surface area (Å²) in [4.78, 5) is 18.4. The van der Waals surface area contributed by atoms with Crippen molar-refractivity contribution in [3.8, 4) is 11.5 Å². The largest absolute Gasteiger partial charge is 0.490 e. The van der Waals surface area contributed by atoms with Gasteiger partial charge in [0.25, 0.3) is 0 Å². The van der Waals surface area contributed by atoms with Crippen LogP contribution in [0.5, 0.6) is 11.5 Å². The van der Waals surface area contributed by atoms with Crippen molar-refractivity contribution in [2.75, 3.05) is 11.5 Å². The standard InChI is InChI=1S/C24H26F2N2O5/c1-5-30-21-12-18(9-10-20(21)32-23(25)26)28(14-19-13-27-15-31-19)17-8-6-7-16(11-17)22(29)33-24(2,3)4/h6-13,15,23H,5,14H2,1-4H3. The molecule has 0 amide bonds. The fourth-order valence-corrected chi connectivity index (χ4v) is 3.07. The van der Waals surface area contributed by atoms with Crippen molar-refractivity contribution >= 4 is 17.3 Å². The van der Waals surface area contributed by atoms with Gasteiger partial charge in [-0.15, -0.1) is 0 Å². The van der Waals surface area contributed by atoms with Gasteiger partial charge in [-0.25, -0.2) is 9.78 Å². The SMILES string of the molecule is CCOc1cc(N(Cc2cnco2)c2cccc(C(=O)OC(C)(C)C)c2)ccc1OC(F)F. The fourth-order valence-electron chi connectivity index (χ4n) is 3.07. The summed E-state index contributed by atoms with van der Waals surface area (Å²) in [6.45, 7) is 4.67. The summed E-state index contributed by atoms with van der Waals surface area (Å²) in [6.07, 6.45) is 2.89. The lowest BCUT2D eigenvalue weighted by atomic mass is 10.1. The lowest BCUT2D eigenvalue weighted by Gasteiger charge is -2.26. The third kappa shape index (κ3) is 6.68. The first-order valence-electron chi connectivity index (χ1n) is 10.4. The number of anilines is 2. The Hall–Kier alpha value is -3.62. The molecule has 1 heterocycles. The van der Waals surface area contributed by atoms with Gasteiger partial charge in [0.05, 0.1) is 24.9 Å². The lowest BCUT2D eigenvalue weighted by molar-refractivity contribution is -0.0514. The van der Waals surface area contributed by atoms with Crippen LogP contribution < -0.4 is 14.4 Å². The minimum atomic E-state index is -2.98. The van der Waals surface area contributed by atoms with E-state index < -0.39 is 18.2 Å². The third-order valence-corrected chi connectivity index (χ3v) is 4.34. The van der Waals surface area contributed by atoms with Crippen molar-refractivity contribution in [2.24, 2.45) is 0 Å². The number of halogens is 2. The maximum absolute atomic E-state index is 12.8. The molecule has 0 atom stereocenters. The molecule has 0 saturated heterocycles. The van der Waals surface area contributed by atoms with Crippen LogP contribution in [0.3, 0.4) is 0 Å². The maximum atomic E-state index is 12.8. The van der Waals surface area contributed by atoms with Gasteiger partial charge >= 0.3 is 12.6 Å². The highest BCUT2D eigenvalue weighted by Crippen LogP contribution is 2.37. The molecule has 9 heteroatoms. The molecule has 33 heavy (non-hydrogen) atoms. The average molecular weight is 460 g/mol. The van der Waals surface area contributed by atoms with Crippen molar-refractivity contribution in [1.82, 2.24) is 4.98 Å². The van der Waals surface area contributed by atoms with Gasteiger partial charge in [0, 0.05) is 17.4 Å². The molecular formula is C24H26F2N2O5. The van der Waals surface area contributed by atoms with Gasteiger partial charge < -0.3 is 23.5 Å². The van der Waals surface area contributed by atoms with E-state index in [2.05, 4.69) is 9.72 Å². The molecule has 3 aromatic rings. The van der Waals surface area contributed by atoms with Crippen molar-refractivity contribution < 1.29 is 32.2 Å². The monoisotopic (exact) mass is 460 g/mol. The fraction of sp³-hybridized carbons (Fsp3) is 0.333. The van der Waals surface area contributed by atoms with Crippen molar-refractivity contribution in [2.45, 2.75) is 46.5 Å². The molecule has 0 unspecified atom stereocenters. The van der Waals surface area contributed by atoms with E-state index in [-0.39, 0.29) is 24.7 Å². The molecule has 0 aliphatic carbocycles. The number of esters is 1. The smallest absolute Gasteiger partial charge is 0.387 e. The topological polar surface area (TPSA) is 74.0 Å². The van der Waals surface area contributed by atoms with Gasteiger partial charge in [0.1, 0.15) is 11.4 Å². The molecule has 7 nitrogen and oxygen atoms in total. The molecule has 0 spiro atoms. The maximum Gasteiger partial charge on any atom is 0.387 e. The Morgan fingerprint density at radius 3 is 2.52 bits per heavy atom. The molecule has 0 N–H and O–H groups in total. The van der Waals surface area contributed by atoms with Crippen LogP contribution in [0.1, 0.15) is 43.8 Å². The Bertz CT molecular complexity index is 1060. The van der Waals surface area contributed by atoms with Crippen LogP contribution in [0.15, 0.2) is 59.5 Å². The zero-order chi connectivity index (χ0) is 24.0. The summed E-state index contributed by atoms with van der Waals surface area (Å²) in [7, 11) is 0. The number of hydrogen-bond acceptors (Lipinski definition) is 7. The molecule has 3 rings (SSSR count). The van der Waals surface area contributed by atoms with E-state index in [4.69, 9.17) is 13.9 Å². The first-order chi connectivity index (χ1) is 15.7. The average Bonchev–Trinajstić information content (AvgIpc) is 3.25. The number of benzene rings is 2. The summed E-state index contributed by atoms with van der Waals surface area (Å²) < 4.78 is 46.6. The van der Waals surface area contributed by atoms with E-state index >= 15 is 0 Å².